The van der Waals surface area contributed by atoms with Crippen LogP contribution in [0.5, 0.6) is 0 Å². The van der Waals surface area contributed by atoms with Crippen LogP contribution in [-0.2, 0) is 11.2 Å². The Morgan fingerprint density at radius 1 is 1.52 bits per heavy atom. The monoisotopic (exact) mass is 334 g/mol. The molecule has 1 fully saturated rings. The predicted molar refractivity (Wildman–Crippen MR) is 85.6 cm³/mol. The molecule has 0 radical (unpaired) electrons. The first kappa shape index (κ1) is 18.2. The van der Waals surface area contributed by atoms with Gasteiger partial charge in [0.25, 0.3) is 0 Å². The van der Waals surface area contributed by atoms with Gasteiger partial charge in [-0.1, -0.05) is 24.6 Å². The average molecular weight is 335 g/mol. The average Bonchev–Trinajstić information content (AvgIpc) is 2.42. The number of hydrogen-bond donors (Lipinski definition) is 2. The number of halogens is 3. The molecular formula is C15H21Cl2FN2O. The van der Waals surface area contributed by atoms with Gasteiger partial charge in [-0.2, -0.15) is 0 Å². The normalized spacial score (nSPS) is 21.5. The molecule has 0 saturated carbocycles. The summed E-state index contributed by atoms with van der Waals surface area (Å²) in [5.74, 6) is -0.623. The molecule has 1 unspecified atom stereocenters. The molecule has 1 aliphatic heterocycles. The molecule has 1 saturated heterocycles. The van der Waals surface area contributed by atoms with Crippen molar-refractivity contribution < 1.29 is 9.18 Å². The van der Waals surface area contributed by atoms with E-state index in [1.807, 2.05) is 0 Å². The van der Waals surface area contributed by atoms with Crippen molar-refractivity contribution >= 4 is 29.9 Å². The smallest absolute Gasteiger partial charge is 0.224 e. The van der Waals surface area contributed by atoms with Crippen molar-refractivity contribution in [2.45, 2.75) is 26.2 Å². The minimum Gasteiger partial charge on any atom is -0.355 e. The van der Waals surface area contributed by atoms with Crippen molar-refractivity contribution in [1.29, 1.82) is 0 Å². The second kappa shape index (κ2) is 7.97. The third-order valence-corrected chi connectivity index (χ3v) is 4.15. The molecule has 0 spiro atoms. The molecule has 21 heavy (non-hydrogen) atoms. The van der Waals surface area contributed by atoms with Crippen LogP contribution in [-0.4, -0.2) is 25.5 Å². The highest BCUT2D eigenvalue weighted by Crippen LogP contribution is 2.24. The molecule has 1 atom stereocenters. The molecule has 1 aliphatic rings. The highest BCUT2D eigenvalue weighted by atomic mass is 35.5. The molecule has 1 aromatic rings. The van der Waals surface area contributed by atoms with Gasteiger partial charge in [0.1, 0.15) is 5.82 Å². The van der Waals surface area contributed by atoms with Gasteiger partial charge in [-0.05, 0) is 36.9 Å². The highest BCUT2D eigenvalue weighted by molar-refractivity contribution is 6.31. The second-order valence-corrected chi connectivity index (χ2v) is 6.15. The molecule has 1 heterocycles. The van der Waals surface area contributed by atoms with Crippen LogP contribution in [0.4, 0.5) is 4.39 Å². The summed E-state index contributed by atoms with van der Waals surface area (Å²) in [5.41, 5.74) is 0.339. The number of rotatable bonds is 4. The zero-order valence-electron chi connectivity index (χ0n) is 12.0. The van der Waals surface area contributed by atoms with E-state index >= 15 is 0 Å². The molecule has 118 valence electrons. The molecule has 1 aromatic carbocycles. The van der Waals surface area contributed by atoms with Gasteiger partial charge >= 0.3 is 0 Å². The number of hydrogen-bond acceptors (Lipinski definition) is 2. The van der Waals surface area contributed by atoms with Crippen LogP contribution in [0.2, 0.25) is 5.02 Å². The summed E-state index contributed by atoms with van der Waals surface area (Å²) in [5, 5.41) is 6.52. The number of amides is 1. The van der Waals surface area contributed by atoms with E-state index in [9.17, 15) is 9.18 Å². The quantitative estimate of drug-likeness (QED) is 0.888. The van der Waals surface area contributed by atoms with E-state index in [1.54, 1.807) is 6.07 Å². The lowest BCUT2D eigenvalue weighted by Crippen LogP contribution is -2.46. The number of carbonyl (C=O) groups is 1. The van der Waals surface area contributed by atoms with Crippen LogP contribution in [0.25, 0.3) is 0 Å². The van der Waals surface area contributed by atoms with Crippen molar-refractivity contribution in [2.24, 2.45) is 5.41 Å². The summed E-state index contributed by atoms with van der Waals surface area (Å²) in [6, 6.07) is 4.45. The topological polar surface area (TPSA) is 41.1 Å². The lowest BCUT2D eigenvalue weighted by atomic mass is 9.83. The van der Waals surface area contributed by atoms with Crippen LogP contribution < -0.4 is 10.6 Å². The Hall–Kier alpha value is -0.840. The zero-order chi connectivity index (χ0) is 14.6. The first-order chi connectivity index (χ1) is 9.50. The molecule has 2 rings (SSSR count). The molecule has 0 aromatic heterocycles. The van der Waals surface area contributed by atoms with E-state index in [0.29, 0.717) is 11.6 Å². The van der Waals surface area contributed by atoms with Gasteiger partial charge in [-0.25, -0.2) is 4.39 Å². The van der Waals surface area contributed by atoms with E-state index in [2.05, 4.69) is 17.6 Å². The van der Waals surface area contributed by atoms with Crippen molar-refractivity contribution in [1.82, 2.24) is 10.6 Å². The van der Waals surface area contributed by atoms with E-state index in [0.717, 1.165) is 25.9 Å². The zero-order valence-corrected chi connectivity index (χ0v) is 13.6. The van der Waals surface area contributed by atoms with Crippen molar-refractivity contribution in [3.8, 4) is 0 Å². The summed E-state index contributed by atoms with van der Waals surface area (Å²) in [7, 11) is 0. The Labute approximate surface area is 136 Å². The highest BCUT2D eigenvalue weighted by Gasteiger charge is 2.27. The Morgan fingerprint density at radius 2 is 2.29 bits per heavy atom. The van der Waals surface area contributed by atoms with E-state index < -0.39 is 5.82 Å². The Kier molecular flexibility index (Phi) is 6.91. The summed E-state index contributed by atoms with van der Waals surface area (Å²) in [6.07, 6.45) is 2.18. The minimum atomic E-state index is -0.432. The van der Waals surface area contributed by atoms with Gasteiger partial charge in [0.05, 0.1) is 6.42 Å². The number of nitrogens with one attached hydrogen (secondary N) is 2. The van der Waals surface area contributed by atoms with E-state index in [-0.39, 0.29) is 35.7 Å². The summed E-state index contributed by atoms with van der Waals surface area (Å²) in [6.45, 7) is 4.68. The van der Waals surface area contributed by atoms with Crippen molar-refractivity contribution in [3.05, 3.63) is 34.6 Å². The number of benzene rings is 1. The van der Waals surface area contributed by atoms with Crippen LogP contribution in [0.3, 0.4) is 0 Å². The molecule has 0 bridgehead atoms. The maximum Gasteiger partial charge on any atom is 0.224 e. The van der Waals surface area contributed by atoms with Crippen molar-refractivity contribution in [3.63, 3.8) is 0 Å². The first-order valence-corrected chi connectivity index (χ1v) is 7.28. The molecular weight excluding hydrogens is 314 g/mol. The number of piperidine rings is 1. The molecule has 6 heteroatoms. The largest absolute Gasteiger partial charge is 0.355 e. The van der Waals surface area contributed by atoms with Gasteiger partial charge in [0.15, 0.2) is 0 Å². The summed E-state index contributed by atoms with van der Waals surface area (Å²) < 4.78 is 13.6. The predicted octanol–water partition coefficient (Wildman–Crippen LogP) is 2.95. The van der Waals surface area contributed by atoms with Gasteiger partial charge < -0.3 is 10.6 Å². The van der Waals surface area contributed by atoms with E-state index in [1.165, 1.54) is 12.1 Å². The third kappa shape index (κ3) is 5.13. The number of carbonyl (C=O) groups excluding carboxylic acids is 1. The van der Waals surface area contributed by atoms with Gasteiger partial charge in [-0.15, -0.1) is 12.4 Å². The fourth-order valence-corrected chi connectivity index (χ4v) is 2.74. The van der Waals surface area contributed by atoms with Gasteiger partial charge in [0.2, 0.25) is 5.91 Å². The summed E-state index contributed by atoms with van der Waals surface area (Å²) >= 11 is 5.92. The molecule has 3 nitrogen and oxygen atoms in total. The van der Waals surface area contributed by atoms with Gasteiger partial charge in [0, 0.05) is 23.7 Å². The molecule has 1 amide bonds. The van der Waals surface area contributed by atoms with Crippen LogP contribution in [0.1, 0.15) is 25.3 Å². The van der Waals surface area contributed by atoms with Gasteiger partial charge in [-0.3, -0.25) is 4.79 Å². The second-order valence-electron chi connectivity index (χ2n) is 5.74. The third-order valence-electron chi connectivity index (χ3n) is 3.80. The van der Waals surface area contributed by atoms with Crippen molar-refractivity contribution in [2.75, 3.05) is 19.6 Å². The van der Waals surface area contributed by atoms with Crippen LogP contribution >= 0.6 is 24.0 Å². The standard InChI is InChI=1S/C15H20ClFN2O.ClH/c1-15(6-3-7-18-9-15)10-19-14(20)8-11-12(16)4-2-5-13(11)17;/h2,4-5,18H,3,6-10H2,1H3,(H,19,20);1H. The van der Waals surface area contributed by atoms with Crippen LogP contribution in [0, 0.1) is 11.2 Å². The van der Waals surface area contributed by atoms with Crippen LogP contribution in [0.15, 0.2) is 18.2 Å². The Balaban J connectivity index is 0.00000220. The lowest BCUT2D eigenvalue weighted by Gasteiger charge is -2.34. The minimum absolute atomic E-state index is 0. The fourth-order valence-electron chi connectivity index (χ4n) is 2.51. The Bertz CT molecular complexity index is 470. The summed E-state index contributed by atoms with van der Waals surface area (Å²) in [4.78, 5) is 11.9. The lowest BCUT2D eigenvalue weighted by molar-refractivity contribution is -0.121. The fraction of sp³-hybridized carbons (Fsp3) is 0.533. The molecule has 2 N–H and O–H groups in total. The SMILES string of the molecule is CC1(CNC(=O)Cc2c(F)cccc2Cl)CCCNC1.Cl. The maximum absolute atomic E-state index is 13.6. The Morgan fingerprint density at radius 3 is 2.90 bits per heavy atom. The van der Waals surface area contributed by atoms with E-state index in [4.69, 9.17) is 11.6 Å². The molecule has 0 aliphatic carbocycles. The first-order valence-electron chi connectivity index (χ1n) is 6.90. The maximum atomic E-state index is 13.6.